The number of nitrogens with one attached hydrogen (secondary N) is 1. The lowest BCUT2D eigenvalue weighted by atomic mass is 10.2. The Morgan fingerprint density at radius 2 is 2.00 bits per heavy atom. The summed E-state index contributed by atoms with van der Waals surface area (Å²) in [6.07, 6.45) is 1.93. The van der Waals surface area contributed by atoms with Crippen LogP contribution in [0.25, 0.3) is 10.4 Å². The maximum absolute atomic E-state index is 4.25. The van der Waals surface area contributed by atoms with Gasteiger partial charge in [-0.15, -0.1) is 11.3 Å². The van der Waals surface area contributed by atoms with Gasteiger partial charge in [-0.2, -0.15) is 0 Å². The van der Waals surface area contributed by atoms with Crippen LogP contribution in [0.15, 0.2) is 35.4 Å². The first-order chi connectivity index (χ1) is 7.29. The van der Waals surface area contributed by atoms with Crippen molar-refractivity contribution in [3.8, 4) is 10.4 Å². The molecule has 0 saturated carbocycles. The summed E-state index contributed by atoms with van der Waals surface area (Å²) in [7, 11) is 1.92. The van der Waals surface area contributed by atoms with Crippen molar-refractivity contribution < 1.29 is 0 Å². The van der Waals surface area contributed by atoms with Gasteiger partial charge >= 0.3 is 0 Å². The van der Waals surface area contributed by atoms with Gasteiger partial charge in [0.1, 0.15) is 0 Å². The normalized spacial score (nSPS) is 10.5. The molecule has 2 rings (SSSR count). The standard InChI is InChI=1S/C11H12N2S2/c1-8-13-7-11(14-8)9-3-5-10(6-4-9)15-12-2/h3-7,12H,1-2H3. The third-order valence-electron chi connectivity index (χ3n) is 1.98. The lowest BCUT2D eigenvalue weighted by molar-refractivity contribution is 1.28. The second-order valence-corrected chi connectivity index (χ2v) is 5.39. The summed E-state index contributed by atoms with van der Waals surface area (Å²) >= 11 is 3.35. The van der Waals surface area contributed by atoms with Crippen LogP contribution in [0.4, 0.5) is 0 Å². The molecule has 15 heavy (non-hydrogen) atoms. The zero-order valence-corrected chi connectivity index (χ0v) is 10.3. The third kappa shape index (κ3) is 2.59. The van der Waals surface area contributed by atoms with E-state index in [1.54, 1.807) is 23.3 Å². The van der Waals surface area contributed by atoms with Gasteiger partial charge in [0.05, 0.1) is 9.88 Å². The molecule has 0 aliphatic rings. The van der Waals surface area contributed by atoms with E-state index in [1.165, 1.54) is 15.3 Å². The first-order valence-electron chi connectivity index (χ1n) is 4.66. The van der Waals surface area contributed by atoms with Crippen molar-refractivity contribution in [3.05, 3.63) is 35.5 Å². The zero-order valence-electron chi connectivity index (χ0n) is 8.65. The maximum atomic E-state index is 4.25. The Balaban J connectivity index is 2.23. The third-order valence-corrected chi connectivity index (χ3v) is 3.65. The Morgan fingerprint density at radius 3 is 2.53 bits per heavy atom. The fourth-order valence-corrected chi connectivity index (χ4v) is 2.59. The predicted octanol–water partition coefficient (Wildman–Crippen LogP) is 3.35. The number of hydrogen-bond donors (Lipinski definition) is 1. The molecular weight excluding hydrogens is 224 g/mol. The highest BCUT2D eigenvalue weighted by Gasteiger charge is 2.01. The molecule has 1 N–H and O–H groups in total. The highest BCUT2D eigenvalue weighted by atomic mass is 32.2. The molecule has 2 aromatic rings. The summed E-state index contributed by atoms with van der Waals surface area (Å²) < 4.78 is 3.05. The van der Waals surface area contributed by atoms with Crippen LogP contribution in [0.5, 0.6) is 0 Å². The van der Waals surface area contributed by atoms with Gasteiger partial charge in [-0.05, 0) is 43.6 Å². The molecule has 0 radical (unpaired) electrons. The van der Waals surface area contributed by atoms with Crippen LogP contribution in [0, 0.1) is 6.92 Å². The van der Waals surface area contributed by atoms with E-state index in [0.717, 1.165) is 5.01 Å². The van der Waals surface area contributed by atoms with Crippen molar-refractivity contribution in [3.63, 3.8) is 0 Å². The monoisotopic (exact) mass is 236 g/mol. The molecule has 1 aromatic carbocycles. The minimum atomic E-state index is 1.11. The average molecular weight is 236 g/mol. The quantitative estimate of drug-likeness (QED) is 0.827. The van der Waals surface area contributed by atoms with E-state index < -0.39 is 0 Å². The van der Waals surface area contributed by atoms with Crippen LogP contribution < -0.4 is 4.72 Å². The molecule has 0 aliphatic carbocycles. The Labute approximate surface area is 97.9 Å². The fourth-order valence-electron chi connectivity index (χ4n) is 1.30. The van der Waals surface area contributed by atoms with E-state index in [2.05, 4.69) is 34.0 Å². The molecule has 0 fully saturated rings. The highest BCUT2D eigenvalue weighted by Crippen LogP contribution is 2.27. The maximum Gasteiger partial charge on any atom is 0.0900 e. The molecule has 0 aliphatic heterocycles. The van der Waals surface area contributed by atoms with E-state index in [9.17, 15) is 0 Å². The highest BCUT2D eigenvalue weighted by molar-refractivity contribution is 7.97. The molecule has 4 heteroatoms. The zero-order chi connectivity index (χ0) is 10.7. The van der Waals surface area contributed by atoms with Crippen LogP contribution >= 0.6 is 23.3 Å². The first-order valence-corrected chi connectivity index (χ1v) is 6.29. The first kappa shape index (κ1) is 10.7. The molecule has 1 heterocycles. The molecule has 0 amide bonds. The molecule has 78 valence electrons. The lowest BCUT2D eigenvalue weighted by Crippen LogP contribution is -1.89. The second kappa shape index (κ2) is 4.79. The summed E-state index contributed by atoms with van der Waals surface area (Å²) in [5.74, 6) is 0. The minimum Gasteiger partial charge on any atom is -0.263 e. The average Bonchev–Trinajstić information content (AvgIpc) is 2.67. The number of nitrogens with zero attached hydrogens (tertiary/aromatic N) is 1. The number of rotatable bonds is 3. The number of aryl methyl sites for hydroxylation is 1. The van der Waals surface area contributed by atoms with Gasteiger partial charge < -0.3 is 0 Å². The van der Waals surface area contributed by atoms with Crippen LogP contribution in [0.2, 0.25) is 0 Å². The van der Waals surface area contributed by atoms with Gasteiger partial charge in [0, 0.05) is 11.1 Å². The molecule has 0 atom stereocenters. The summed E-state index contributed by atoms with van der Waals surface area (Å²) in [5, 5.41) is 1.11. The molecule has 0 spiro atoms. The molecule has 0 unspecified atom stereocenters. The molecular formula is C11H12N2S2. The molecule has 1 aromatic heterocycles. The van der Waals surface area contributed by atoms with Crippen molar-refractivity contribution in [1.82, 2.24) is 9.71 Å². The minimum absolute atomic E-state index is 1.11. The van der Waals surface area contributed by atoms with Gasteiger partial charge in [0.15, 0.2) is 0 Å². The lowest BCUT2D eigenvalue weighted by Gasteiger charge is -2.00. The van der Waals surface area contributed by atoms with Crippen molar-refractivity contribution in [2.45, 2.75) is 11.8 Å². The van der Waals surface area contributed by atoms with Crippen molar-refractivity contribution in [2.24, 2.45) is 0 Å². The van der Waals surface area contributed by atoms with Gasteiger partial charge in [0.2, 0.25) is 0 Å². The molecule has 2 nitrogen and oxygen atoms in total. The van der Waals surface area contributed by atoms with Crippen molar-refractivity contribution in [2.75, 3.05) is 7.05 Å². The summed E-state index contributed by atoms with van der Waals surface area (Å²) in [5.41, 5.74) is 1.24. The van der Waals surface area contributed by atoms with E-state index >= 15 is 0 Å². The van der Waals surface area contributed by atoms with Gasteiger partial charge in [-0.1, -0.05) is 12.1 Å². The summed E-state index contributed by atoms with van der Waals surface area (Å²) in [6.45, 7) is 2.03. The smallest absolute Gasteiger partial charge is 0.0900 e. The topological polar surface area (TPSA) is 24.9 Å². The van der Waals surface area contributed by atoms with Crippen LogP contribution in [-0.4, -0.2) is 12.0 Å². The van der Waals surface area contributed by atoms with Crippen LogP contribution in [-0.2, 0) is 0 Å². The van der Waals surface area contributed by atoms with E-state index in [0.29, 0.717) is 0 Å². The summed E-state index contributed by atoms with van der Waals surface area (Å²) in [6, 6.07) is 8.50. The molecule has 0 saturated heterocycles. The van der Waals surface area contributed by atoms with Gasteiger partial charge in [0.25, 0.3) is 0 Å². The van der Waals surface area contributed by atoms with Gasteiger partial charge in [-0.25, -0.2) is 4.98 Å². The summed E-state index contributed by atoms with van der Waals surface area (Å²) in [4.78, 5) is 6.71. The Morgan fingerprint density at radius 1 is 1.27 bits per heavy atom. The molecule has 0 bridgehead atoms. The van der Waals surface area contributed by atoms with Crippen molar-refractivity contribution in [1.29, 1.82) is 0 Å². The predicted molar refractivity (Wildman–Crippen MR) is 67.2 cm³/mol. The number of aromatic nitrogens is 1. The largest absolute Gasteiger partial charge is 0.263 e. The Hall–Kier alpha value is -0.840. The van der Waals surface area contributed by atoms with E-state index in [-0.39, 0.29) is 0 Å². The number of hydrogen-bond acceptors (Lipinski definition) is 4. The van der Waals surface area contributed by atoms with E-state index in [4.69, 9.17) is 0 Å². The second-order valence-electron chi connectivity index (χ2n) is 3.07. The van der Waals surface area contributed by atoms with Gasteiger partial charge in [-0.3, -0.25) is 4.72 Å². The van der Waals surface area contributed by atoms with Crippen LogP contribution in [0.3, 0.4) is 0 Å². The van der Waals surface area contributed by atoms with Crippen molar-refractivity contribution >= 4 is 23.3 Å². The Bertz CT molecular complexity index is 434. The number of thiazole rings is 1. The Kier molecular flexibility index (Phi) is 3.41. The number of benzene rings is 1. The van der Waals surface area contributed by atoms with Crippen LogP contribution in [0.1, 0.15) is 5.01 Å². The SMILES string of the molecule is CNSc1ccc(-c2cnc(C)s2)cc1. The van der Waals surface area contributed by atoms with E-state index in [1.807, 2.05) is 20.2 Å². The fraction of sp³-hybridized carbons (Fsp3) is 0.182.